The lowest BCUT2D eigenvalue weighted by Gasteiger charge is -2.08. The molecule has 0 radical (unpaired) electrons. The van der Waals surface area contributed by atoms with Crippen LogP contribution in [-0.4, -0.2) is 20.0 Å². The van der Waals surface area contributed by atoms with Gasteiger partial charge in [0.2, 0.25) is 0 Å². The van der Waals surface area contributed by atoms with Crippen molar-refractivity contribution >= 4 is 5.82 Å². The minimum atomic E-state index is 0.0572. The molecule has 5 heteroatoms. The Hall–Kier alpha value is -2.17. The van der Waals surface area contributed by atoms with Crippen LogP contribution in [-0.2, 0) is 13.6 Å². The van der Waals surface area contributed by atoms with Crippen molar-refractivity contribution in [3.8, 4) is 11.5 Å². The molecule has 5 nitrogen and oxygen atoms in total. The Bertz CT molecular complexity index is 494. The van der Waals surface area contributed by atoms with E-state index >= 15 is 0 Å². The van der Waals surface area contributed by atoms with E-state index in [4.69, 9.17) is 5.11 Å². The highest BCUT2D eigenvalue weighted by atomic mass is 16.3. The number of aryl methyl sites for hydroxylation is 1. The van der Waals surface area contributed by atoms with Gasteiger partial charge in [-0.2, -0.15) is 5.10 Å². The molecule has 0 saturated carbocycles. The van der Waals surface area contributed by atoms with Gasteiger partial charge in [0.15, 0.2) is 0 Å². The van der Waals surface area contributed by atoms with Gasteiger partial charge in [-0.1, -0.05) is 0 Å². The summed E-state index contributed by atoms with van der Waals surface area (Å²) in [5, 5.41) is 25.9. The minimum absolute atomic E-state index is 0.0572. The maximum absolute atomic E-state index is 9.57. The van der Waals surface area contributed by atoms with Crippen LogP contribution in [0, 0.1) is 0 Å². The van der Waals surface area contributed by atoms with E-state index in [0.29, 0.717) is 6.54 Å². The van der Waals surface area contributed by atoms with Crippen LogP contribution < -0.4 is 5.32 Å². The molecule has 2 rings (SSSR count). The van der Waals surface area contributed by atoms with E-state index in [9.17, 15) is 5.11 Å². The maximum Gasteiger partial charge on any atom is 0.124 e. The number of phenolic OH excluding ortho intramolecular Hbond substituents is 2. The van der Waals surface area contributed by atoms with Gasteiger partial charge in [0, 0.05) is 31.3 Å². The predicted octanol–water partition coefficient (Wildman–Crippen LogP) is 1.44. The minimum Gasteiger partial charge on any atom is -0.508 e. The molecule has 0 fully saturated rings. The summed E-state index contributed by atoms with van der Waals surface area (Å²) in [5.74, 6) is 1.00. The van der Waals surface area contributed by atoms with Gasteiger partial charge in [-0.05, 0) is 12.1 Å². The topological polar surface area (TPSA) is 70.3 Å². The molecular weight excluding hydrogens is 206 g/mol. The van der Waals surface area contributed by atoms with Crippen molar-refractivity contribution in [1.29, 1.82) is 0 Å². The van der Waals surface area contributed by atoms with Gasteiger partial charge in [0.05, 0.1) is 6.20 Å². The van der Waals surface area contributed by atoms with Crippen molar-refractivity contribution in [3.63, 3.8) is 0 Å². The van der Waals surface area contributed by atoms with E-state index in [1.165, 1.54) is 6.07 Å². The van der Waals surface area contributed by atoms with E-state index in [-0.39, 0.29) is 11.5 Å². The highest BCUT2D eigenvalue weighted by Crippen LogP contribution is 2.23. The van der Waals surface area contributed by atoms with Crippen molar-refractivity contribution in [2.24, 2.45) is 7.05 Å². The molecule has 0 amide bonds. The predicted molar refractivity (Wildman–Crippen MR) is 60.3 cm³/mol. The first-order valence-corrected chi connectivity index (χ1v) is 4.89. The molecule has 1 heterocycles. The lowest BCUT2D eigenvalue weighted by atomic mass is 10.2. The van der Waals surface area contributed by atoms with Crippen molar-refractivity contribution in [2.45, 2.75) is 6.54 Å². The molecule has 84 valence electrons. The van der Waals surface area contributed by atoms with E-state index in [1.807, 2.05) is 13.1 Å². The zero-order valence-electron chi connectivity index (χ0n) is 8.88. The second-order valence-electron chi connectivity index (χ2n) is 3.51. The lowest BCUT2D eigenvalue weighted by Crippen LogP contribution is -2.04. The van der Waals surface area contributed by atoms with Gasteiger partial charge < -0.3 is 15.5 Å². The number of phenols is 2. The van der Waals surface area contributed by atoms with Gasteiger partial charge in [-0.3, -0.25) is 4.68 Å². The molecular formula is C11H13N3O2. The summed E-state index contributed by atoms with van der Waals surface area (Å²) in [6, 6.07) is 6.38. The molecule has 3 N–H and O–H groups in total. The highest BCUT2D eigenvalue weighted by molar-refractivity contribution is 5.42. The van der Waals surface area contributed by atoms with E-state index in [0.717, 1.165) is 11.4 Å². The quantitative estimate of drug-likeness (QED) is 0.730. The van der Waals surface area contributed by atoms with Crippen molar-refractivity contribution in [3.05, 3.63) is 36.0 Å². The number of hydrogen-bond acceptors (Lipinski definition) is 4. The molecule has 0 spiro atoms. The number of rotatable bonds is 3. The van der Waals surface area contributed by atoms with Crippen LogP contribution in [0.3, 0.4) is 0 Å². The van der Waals surface area contributed by atoms with Gasteiger partial charge in [0.25, 0.3) is 0 Å². The molecule has 16 heavy (non-hydrogen) atoms. The van der Waals surface area contributed by atoms with E-state index in [1.54, 1.807) is 23.0 Å². The van der Waals surface area contributed by atoms with Crippen LogP contribution in [0.1, 0.15) is 5.56 Å². The summed E-state index contributed by atoms with van der Waals surface area (Å²) in [6.07, 6.45) is 1.69. The second-order valence-corrected chi connectivity index (χ2v) is 3.51. The highest BCUT2D eigenvalue weighted by Gasteiger charge is 2.03. The SMILES string of the molecule is Cn1nccc1NCc1ccc(O)cc1O. The standard InChI is InChI=1S/C11H13N3O2/c1-14-11(4-5-13-14)12-7-8-2-3-9(15)6-10(8)16/h2-6,12,15-16H,7H2,1H3. The normalized spacial score (nSPS) is 10.3. The van der Waals surface area contributed by atoms with Crippen LogP contribution in [0.5, 0.6) is 11.5 Å². The number of aromatic hydroxyl groups is 2. The third-order valence-electron chi connectivity index (χ3n) is 2.35. The van der Waals surface area contributed by atoms with Crippen molar-refractivity contribution < 1.29 is 10.2 Å². The third kappa shape index (κ3) is 2.08. The summed E-state index contributed by atoms with van der Waals surface area (Å²) in [4.78, 5) is 0. The Balaban J connectivity index is 2.08. The smallest absolute Gasteiger partial charge is 0.124 e. The number of nitrogens with one attached hydrogen (secondary N) is 1. The fraction of sp³-hybridized carbons (Fsp3) is 0.182. The summed E-state index contributed by atoms with van der Waals surface area (Å²) < 4.78 is 1.71. The monoisotopic (exact) mass is 219 g/mol. The van der Waals surface area contributed by atoms with E-state index in [2.05, 4.69) is 10.4 Å². The summed E-state index contributed by atoms with van der Waals surface area (Å²) in [6.45, 7) is 0.478. The lowest BCUT2D eigenvalue weighted by molar-refractivity contribution is 0.446. The largest absolute Gasteiger partial charge is 0.508 e. The summed E-state index contributed by atoms with van der Waals surface area (Å²) in [7, 11) is 1.83. The summed E-state index contributed by atoms with van der Waals surface area (Å²) in [5.41, 5.74) is 0.721. The van der Waals surface area contributed by atoms with Crippen LogP contribution >= 0.6 is 0 Å². The van der Waals surface area contributed by atoms with Gasteiger partial charge in [0.1, 0.15) is 17.3 Å². The number of anilines is 1. The summed E-state index contributed by atoms with van der Waals surface area (Å²) >= 11 is 0. The Labute approximate surface area is 93.0 Å². The molecule has 0 saturated heterocycles. The van der Waals surface area contributed by atoms with Crippen LogP contribution in [0.2, 0.25) is 0 Å². The molecule has 0 aliphatic rings. The first-order valence-electron chi connectivity index (χ1n) is 4.89. The number of nitrogens with zero attached hydrogens (tertiary/aromatic N) is 2. The Morgan fingerprint density at radius 3 is 2.75 bits per heavy atom. The zero-order valence-corrected chi connectivity index (χ0v) is 8.88. The first-order chi connectivity index (χ1) is 7.66. The van der Waals surface area contributed by atoms with Gasteiger partial charge >= 0.3 is 0 Å². The molecule has 0 atom stereocenters. The Morgan fingerprint density at radius 1 is 1.31 bits per heavy atom. The van der Waals surface area contributed by atoms with Gasteiger partial charge in [-0.15, -0.1) is 0 Å². The molecule has 0 unspecified atom stereocenters. The molecule has 1 aromatic heterocycles. The Morgan fingerprint density at radius 2 is 2.12 bits per heavy atom. The van der Waals surface area contributed by atoms with Crippen LogP contribution in [0.25, 0.3) is 0 Å². The molecule has 0 bridgehead atoms. The maximum atomic E-state index is 9.57. The molecule has 0 aliphatic heterocycles. The first kappa shape index (κ1) is 10.4. The second kappa shape index (κ2) is 4.14. The fourth-order valence-electron chi connectivity index (χ4n) is 1.43. The molecule has 0 aliphatic carbocycles. The number of aromatic nitrogens is 2. The van der Waals surface area contributed by atoms with E-state index < -0.39 is 0 Å². The van der Waals surface area contributed by atoms with Crippen LogP contribution in [0.15, 0.2) is 30.5 Å². The van der Waals surface area contributed by atoms with Gasteiger partial charge in [-0.25, -0.2) is 0 Å². The Kier molecular flexibility index (Phi) is 2.68. The van der Waals surface area contributed by atoms with Crippen molar-refractivity contribution in [1.82, 2.24) is 9.78 Å². The van der Waals surface area contributed by atoms with Crippen molar-refractivity contribution in [2.75, 3.05) is 5.32 Å². The average molecular weight is 219 g/mol. The zero-order chi connectivity index (χ0) is 11.5. The average Bonchev–Trinajstić information content (AvgIpc) is 2.63. The third-order valence-corrected chi connectivity index (χ3v) is 2.35. The number of benzene rings is 1. The number of hydrogen-bond donors (Lipinski definition) is 3. The molecule has 1 aromatic carbocycles. The fourth-order valence-corrected chi connectivity index (χ4v) is 1.43. The van der Waals surface area contributed by atoms with Crippen LogP contribution in [0.4, 0.5) is 5.82 Å². The molecule has 2 aromatic rings.